The number of hydrogen-bond acceptors (Lipinski definition) is 8. The van der Waals surface area contributed by atoms with Gasteiger partial charge in [0.05, 0.1) is 23.2 Å². The van der Waals surface area contributed by atoms with Gasteiger partial charge in [-0.3, -0.25) is 0 Å². The number of carbonyl (C=O) groups excluding carboxylic acids is 2. The van der Waals surface area contributed by atoms with Gasteiger partial charge in [-0.05, 0) is 65.9 Å². The van der Waals surface area contributed by atoms with E-state index in [1.165, 1.54) is 0 Å². The molecule has 0 bridgehead atoms. The van der Waals surface area contributed by atoms with Gasteiger partial charge in [0.2, 0.25) is 6.79 Å². The van der Waals surface area contributed by atoms with Crippen LogP contribution in [-0.4, -0.2) is 32.0 Å². The van der Waals surface area contributed by atoms with Crippen molar-refractivity contribution in [3.8, 4) is 29.1 Å². The smallest absolute Gasteiger partial charge is 0.338 e. The number of fused-ring (bicyclic) bond motifs is 2. The fraction of sp³-hybridized carbons (Fsp3) is 0.233. The lowest BCUT2D eigenvalue weighted by molar-refractivity contribution is -0.140. The summed E-state index contributed by atoms with van der Waals surface area (Å²) in [6, 6.07) is 18.7. The summed E-state index contributed by atoms with van der Waals surface area (Å²) in [5.41, 5.74) is 3.50. The monoisotopic (exact) mass is 539 g/mol. The molecule has 1 unspecified atom stereocenters. The Morgan fingerprint density at radius 2 is 1.68 bits per heavy atom. The molecule has 0 aliphatic carbocycles. The lowest BCUT2D eigenvalue weighted by Gasteiger charge is -2.30. The molecule has 40 heavy (non-hydrogen) atoms. The summed E-state index contributed by atoms with van der Waals surface area (Å²) in [7, 11) is 0. The van der Waals surface area contributed by atoms with Crippen molar-refractivity contribution in [1.29, 1.82) is 5.26 Å². The van der Waals surface area contributed by atoms with E-state index in [-0.39, 0.29) is 19.0 Å². The minimum absolute atomic E-state index is 0.0326. The highest BCUT2D eigenvalue weighted by Crippen LogP contribution is 2.37. The van der Waals surface area contributed by atoms with Crippen LogP contribution in [0, 0.1) is 11.3 Å². The average Bonchev–Trinajstić information content (AvgIpc) is 3.46. The molecule has 0 radical (unpaired) electrons. The minimum Gasteiger partial charge on any atom is -0.486 e. The van der Waals surface area contributed by atoms with Crippen LogP contribution in [0.5, 0.6) is 23.0 Å². The number of nitriles is 1. The lowest BCUT2D eigenvalue weighted by Crippen LogP contribution is -2.46. The number of allylic oxidation sites excluding steroid dienone is 1. The van der Waals surface area contributed by atoms with Crippen LogP contribution in [0.4, 0.5) is 4.79 Å². The molecule has 202 valence electrons. The molecular weight excluding hydrogens is 514 g/mol. The largest absolute Gasteiger partial charge is 0.486 e. The number of urea groups is 1. The molecule has 2 N–H and O–H groups in total. The Hall–Kier alpha value is -5.17. The quantitative estimate of drug-likeness (QED) is 0.431. The number of rotatable bonds is 7. The third kappa shape index (κ3) is 5.22. The minimum atomic E-state index is -0.783. The normalized spacial score (nSPS) is 17.0. The summed E-state index contributed by atoms with van der Waals surface area (Å²) in [5.74, 6) is 1.90. The second-order valence-electron chi connectivity index (χ2n) is 9.40. The Kier molecular flexibility index (Phi) is 6.85. The van der Waals surface area contributed by atoms with E-state index in [0.717, 1.165) is 5.56 Å². The van der Waals surface area contributed by atoms with Crippen LogP contribution in [0.15, 0.2) is 71.9 Å². The maximum absolute atomic E-state index is 13.7. The Labute approximate surface area is 230 Å². The predicted octanol–water partition coefficient (Wildman–Crippen LogP) is 4.04. The number of ether oxygens (including phenoxy) is 5. The van der Waals surface area contributed by atoms with Gasteiger partial charge >= 0.3 is 12.0 Å². The molecule has 10 heteroatoms. The highest BCUT2D eigenvalue weighted by Gasteiger charge is 2.34. The molecule has 3 aliphatic heterocycles. The first-order valence-electron chi connectivity index (χ1n) is 12.8. The molecule has 6 rings (SSSR count). The zero-order chi connectivity index (χ0) is 27.5. The summed E-state index contributed by atoms with van der Waals surface area (Å²) >= 11 is 0. The predicted molar refractivity (Wildman–Crippen MR) is 141 cm³/mol. The standard InChI is InChI=1S/C30H25N3O7/c31-15-19-2-1-3-20(12-19)16-38-29(34)27-22(7-4-18-5-8-24-25(13-18)40-17-39-24)32-30(35)33-28(27)21-6-9-23-26(14-21)37-11-10-36-23/h1-3,5-6,8-9,12-14,28H,4,7,10-11,16-17H2,(H2,32,33,35). The van der Waals surface area contributed by atoms with E-state index in [9.17, 15) is 14.9 Å². The molecule has 0 saturated heterocycles. The van der Waals surface area contributed by atoms with Crippen LogP contribution < -0.4 is 29.6 Å². The second kappa shape index (κ2) is 10.9. The summed E-state index contributed by atoms with van der Waals surface area (Å²) in [6.45, 7) is 0.998. The van der Waals surface area contributed by atoms with Crippen molar-refractivity contribution in [2.45, 2.75) is 25.5 Å². The van der Waals surface area contributed by atoms with E-state index in [4.69, 9.17) is 23.7 Å². The van der Waals surface area contributed by atoms with Gasteiger partial charge < -0.3 is 34.3 Å². The number of nitrogens with one attached hydrogen (secondary N) is 2. The molecule has 0 aromatic heterocycles. The molecular formula is C30H25N3O7. The van der Waals surface area contributed by atoms with Crippen molar-refractivity contribution in [3.63, 3.8) is 0 Å². The summed E-state index contributed by atoms with van der Waals surface area (Å²) < 4.78 is 28.0. The zero-order valence-corrected chi connectivity index (χ0v) is 21.4. The highest BCUT2D eigenvalue weighted by atomic mass is 16.7. The van der Waals surface area contributed by atoms with E-state index in [1.54, 1.807) is 42.5 Å². The van der Waals surface area contributed by atoms with Crippen molar-refractivity contribution in [2.24, 2.45) is 0 Å². The first-order valence-corrected chi connectivity index (χ1v) is 12.8. The number of hydrogen-bond donors (Lipinski definition) is 2. The molecule has 10 nitrogen and oxygen atoms in total. The molecule has 2 amide bonds. The number of benzene rings is 3. The van der Waals surface area contributed by atoms with Crippen molar-refractivity contribution in [2.75, 3.05) is 20.0 Å². The molecule has 0 fully saturated rings. The van der Waals surface area contributed by atoms with Gasteiger partial charge in [0.15, 0.2) is 23.0 Å². The molecule has 3 aromatic carbocycles. The van der Waals surface area contributed by atoms with Crippen molar-refractivity contribution >= 4 is 12.0 Å². The van der Waals surface area contributed by atoms with Gasteiger partial charge in [-0.25, -0.2) is 9.59 Å². The van der Waals surface area contributed by atoms with E-state index < -0.39 is 18.0 Å². The lowest BCUT2D eigenvalue weighted by atomic mass is 9.92. The molecule has 3 aliphatic rings. The van der Waals surface area contributed by atoms with Crippen LogP contribution in [0.25, 0.3) is 0 Å². The summed E-state index contributed by atoms with van der Waals surface area (Å²) in [4.78, 5) is 26.4. The Morgan fingerprint density at radius 3 is 2.55 bits per heavy atom. The van der Waals surface area contributed by atoms with Gasteiger partial charge in [-0.1, -0.05) is 24.3 Å². The SMILES string of the molecule is N#Cc1cccc(COC(=O)C2=C(CCc3ccc4c(c3)OCO4)NC(=O)NC2c2ccc3c(c2)OCCO3)c1. The van der Waals surface area contributed by atoms with Crippen molar-refractivity contribution in [1.82, 2.24) is 10.6 Å². The number of amides is 2. The number of nitrogens with zero attached hydrogens (tertiary/aromatic N) is 1. The molecule has 3 aromatic rings. The van der Waals surface area contributed by atoms with Crippen LogP contribution in [-0.2, 0) is 22.6 Å². The zero-order valence-electron chi connectivity index (χ0n) is 21.4. The molecule has 0 saturated carbocycles. The fourth-order valence-corrected chi connectivity index (χ4v) is 4.87. The van der Waals surface area contributed by atoms with Crippen molar-refractivity contribution < 1.29 is 33.3 Å². The van der Waals surface area contributed by atoms with E-state index >= 15 is 0 Å². The van der Waals surface area contributed by atoms with Gasteiger partial charge in [0, 0.05) is 5.70 Å². The van der Waals surface area contributed by atoms with Gasteiger partial charge in [0.25, 0.3) is 0 Å². The maximum Gasteiger partial charge on any atom is 0.338 e. The molecule has 1 atom stereocenters. The average molecular weight is 540 g/mol. The van der Waals surface area contributed by atoms with Gasteiger partial charge in [-0.15, -0.1) is 0 Å². The van der Waals surface area contributed by atoms with E-state index in [2.05, 4.69) is 16.7 Å². The molecule has 3 heterocycles. The number of carbonyl (C=O) groups is 2. The Bertz CT molecular complexity index is 1560. The highest BCUT2D eigenvalue weighted by molar-refractivity contribution is 5.95. The van der Waals surface area contributed by atoms with Gasteiger partial charge in [0.1, 0.15) is 19.8 Å². The summed E-state index contributed by atoms with van der Waals surface area (Å²) in [6.07, 6.45) is 0.892. The third-order valence-corrected chi connectivity index (χ3v) is 6.80. The Morgan fingerprint density at radius 1 is 0.900 bits per heavy atom. The van der Waals surface area contributed by atoms with Crippen LogP contribution in [0.2, 0.25) is 0 Å². The van der Waals surface area contributed by atoms with E-state index in [0.29, 0.717) is 71.4 Å². The molecule has 0 spiro atoms. The number of aryl methyl sites for hydroxylation is 1. The summed E-state index contributed by atoms with van der Waals surface area (Å²) in [5, 5.41) is 14.9. The first kappa shape index (κ1) is 25.1. The third-order valence-electron chi connectivity index (χ3n) is 6.80. The maximum atomic E-state index is 13.7. The Balaban J connectivity index is 1.31. The fourth-order valence-electron chi connectivity index (χ4n) is 4.87. The second-order valence-corrected chi connectivity index (χ2v) is 9.40. The van der Waals surface area contributed by atoms with Gasteiger partial charge in [-0.2, -0.15) is 5.26 Å². The first-order chi connectivity index (χ1) is 19.6. The van der Waals surface area contributed by atoms with Crippen molar-refractivity contribution in [3.05, 3.63) is 94.2 Å². The number of esters is 1. The van der Waals surface area contributed by atoms with Crippen LogP contribution in [0.1, 0.15) is 34.7 Å². The van der Waals surface area contributed by atoms with Crippen LogP contribution >= 0.6 is 0 Å². The topological polar surface area (TPSA) is 128 Å². The van der Waals surface area contributed by atoms with E-state index in [1.807, 2.05) is 18.2 Å². The van der Waals surface area contributed by atoms with Crippen LogP contribution in [0.3, 0.4) is 0 Å².